The van der Waals surface area contributed by atoms with Crippen molar-refractivity contribution in [2.45, 2.75) is 13.8 Å². The molecule has 8 nitrogen and oxygen atoms in total. The summed E-state index contributed by atoms with van der Waals surface area (Å²) in [5, 5.41) is 0. The Morgan fingerprint density at radius 1 is 0.710 bits per heavy atom. The van der Waals surface area contributed by atoms with Crippen LogP contribution >= 0.6 is 7.82 Å². The third-order valence-electron chi connectivity index (χ3n) is 4.13. The number of phosphoric ester groups is 1. The average molecular weight is 452 g/mol. The first kappa shape index (κ1) is 24.6. The summed E-state index contributed by atoms with van der Waals surface area (Å²) < 4.78 is 50.2. The third-order valence-corrected chi connectivity index (χ3v) is 5.70. The van der Waals surface area contributed by atoms with Crippen LogP contribution in [0.15, 0.2) is 30.3 Å². The molecule has 2 rings (SSSR count). The van der Waals surface area contributed by atoms with E-state index in [-0.39, 0.29) is 19.0 Å². The van der Waals surface area contributed by atoms with Crippen molar-refractivity contribution >= 4 is 20.0 Å². The van der Waals surface area contributed by atoms with Crippen molar-refractivity contribution in [3.8, 4) is 28.7 Å². The molecule has 170 valence electrons. The molecule has 0 saturated heterocycles. The zero-order chi connectivity index (χ0) is 22.9. The van der Waals surface area contributed by atoms with Crippen molar-refractivity contribution in [3.05, 3.63) is 41.5 Å². The Morgan fingerprint density at radius 2 is 1.23 bits per heavy atom. The SMILES string of the molecule is CCOP(=O)(OCC)Oc1cc(C=Cc2cc(OC)c(OC)c(OC)c2)ccc1OC. The molecule has 0 spiro atoms. The van der Waals surface area contributed by atoms with E-state index < -0.39 is 7.82 Å². The van der Waals surface area contributed by atoms with Gasteiger partial charge in [0, 0.05) is 0 Å². The summed E-state index contributed by atoms with van der Waals surface area (Å²) >= 11 is 0. The summed E-state index contributed by atoms with van der Waals surface area (Å²) in [5.74, 6) is 2.28. The number of ether oxygens (including phenoxy) is 4. The fourth-order valence-electron chi connectivity index (χ4n) is 2.78. The molecule has 0 fully saturated rings. The molecule has 31 heavy (non-hydrogen) atoms. The maximum atomic E-state index is 12.8. The van der Waals surface area contributed by atoms with Crippen LogP contribution in [0.3, 0.4) is 0 Å². The predicted molar refractivity (Wildman–Crippen MR) is 120 cm³/mol. The van der Waals surface area contributed by atoms with E-state index in [0.29, 0.717) is 23.0 Å². The van der Waals surface area contributed by atoms with Gasteiger partial charge in [0.1, 0.15) is 0 Å². The van der Waals surface area contributed by atoms with Crippen LogP contribution in [0.1, 0.15) is 25.0 Å². The van der Waals surface area contributed by atoms with Gasteiger partial charge < -0.3 is 23.5 Å². The smallest absolute Gasteiger partial charge is 0.493 e. The minimum atomic E-state index is -3.76. The molecule has 0 unspecified atom stereocenters. The molecule has 0 N–H and O–H groups in total. The maximum Gasteiger partial charge on any atom is 0.530 e. The molecule has 0 heterocycles. The molecule has 0 aliphatic rings. The standard InChI is InChI=1S/C22H29O8P/c1-7-28-31(23,29-8-2)30-19-13-16(11-12-18(19)24-3)9-10-17-14-20(25-4)22(27-6)21(15-17)26-5/h9-15H,7-8H2,1-6H3. The lowest BCUT2D eigenvalue weighted by Crippen LogP contribution is -2.03. The number of hydrogen-bond acceptors (Lipinski definition) is 8. The van der Waals surface area contributed by atoms with Crippen molar-refractivity contribution < 1.29 is 37.1 Å². The van der Waals surface area contributed by atoms with Crippen LogP contribution in [0.2, 0.25) is 0 Å². The summed E-state index contributed by atoms with van der Waals surface area (Å²) in [6.07, 6.45) is 3.74. The van der Waals surface area contributed by atoms with Gasteiger partial charge in [-0.3, -0.25) is 9.05 Å². The molecule has 0 atom stereocenters. The van der Waals surface area contributed by atoms with Gasteiger partial charge in [0.05, 0.1) is 41.7 Å². The minimum Gasteiger partial charge on any atom is -0.493 e. The highest BCUT2D eigenvalue weighted by atomic mass is 31.2. The van der Waals surface area contributed by atoms with Gasteiger partial charge in [-0.25, -0.2) is 4.57 Å². The number of benzene rings is 2. The lowest BCUT2D eigenvalue weighted by molar-refractivity contribution is 0.166. The molecule has 0 amide bonds. The number of rotatable bonds is 12. The van der Waals surface area contributed by atoms with Crippen molar-refractivity contribution in [1.29, 1.82) is 0 Å². The van der Waals surface area contributed by atoms with Crippen molar-refractivity contribution in [3.63, 3.8) is 0 Å². The van der Waals surface area contributed by atoms with E-state index in [0.717, 1.165) is 11.1 Å². The first-order chi connectivity index (χ1) is 14.9. The van der Waals surface area contributed by atoms with E-state index in [1.165, 1.54) is 7.11 Å². The summed E-state index contributed by atoms with van der Waals surface area (Å²) in [6.45, 7) is 3.78. The largest absolute Gasteiger partial charge is 0.530 e. The number of hydrogen-bond donors (Lipinski definition) is 0. The highest BCUT2D eigenvalue weighted by Gasteiger charge is 2.28. The van der Waals surface area contributed by atoms with Crippen molar-refractivity contribution in [1.82, 2.24) is 0 Å². The molecule has 0 radical (unpaired) electrons. The Labute approximate surface area is 183 Å². The molecule has 2 aromatic rings. The van der Waals surface area contributed by atoms with Gasteiger partial charge in [-0.2, -0.15) is 0 Å². The van der Waals surface area contributed by atoms with Crippen molar-refractivity contribution in [2.75, 3.05) is 41.7 Å². The second kappa shape index (κ2) is 11.6. The fourth-order valence-corrected chi connectivity index (χ4v) is 3.98. The highest BCUT2D eigenvalue weighted by Crippen LogP contribution is 2.51. The number of phosphoric acid groups is 1. The Morgan fingerprint density at radius 3 is 1.71 bits per heavy atom. The van der Waals surface area contributed by atoms with E-state index in [2.05, 4.69) is 0 Å². The Bertz CT molecular complexity index is 906. The van der Waals surface area contributed by atoms with E-state index in [1.54, 1.807) is 47.3 Å². The first-order valence-corrected chi connectivity index (χ1v) is 11.1. The lowest BCUT2D eigenvalue weighted by atomic mass is 10.1. The molecule has 2 aromatic carbocycles. The first-order valence-electron chi connectivity index (χ1n) is 9.68. The fraction of sp³-hybridized carbons (Fsp3) is 0.364. The third kappa shape index (κ3) is 6.40. The van der Waals surface area contributed by atoms with Crippen LogP contribution in [0.4, 0.5) is 0 Å². The summed E-state index contributed by atoms with van der Waals surface area (Å²) in [4.78, 5) is 0. The van der Waals surface area contributed by atoms with Crippen LogP contribution < -0.4 is 23.5 Å². The zero-order valence-electron chi connectivity index (χ0n) is 18.7. The summed E-state index contributed by atoms with van der Waals surface area (Å²) in [5.41, 5.74) is 1.62. The van der Waals surface area contributed by atoms with E-state index in [4.69, 9.17) is 32.5 Å². The Balaban J connectivity index is 2.37. The van der Waals surface area contributed by atoms with Gasteiger partial charge in [-0.1, -0.05) is 18.2 Å². The lowest BCUT2D eigenvalue weighted by Gasteiger charge is -2.18. The molecule has 0 bridgehead atoms. The van der Waals surface area contributed by atoms with Crippen molar-refractivity contribution in [2.24, 2.45) is 0 Å². The monoisotopic (exact) mass is 452 g/mol. The van der Waals surface area contributed by atoms with Gasteiger partial charge in [0.2, 0.25) is 5.75 Å². The van der Waals surface area contributed by atoms with Crippen LogP contribution in [0.25, 0.3) is 12.2 Å². The number of methoxy groups -OCH3 is 4. The Hall–Kier alpha value is -2.67. The molecule has 9 heteroatoms. The minimum absolute atomic E-state index is 0.181. The van der Waals surface area contributed by atoms with Crippen LogP contribution in [0, 0.1) is 0 Å². The zero-order valence-corrected chi connectivity index (χ0v) is 19.6. The Kier molecular flexibility index (Phi) is 9.24. The van der Waals surface area contributed by atoms with Gasteiger partial charge in [-0.05, 0) is 49.2 Å². The second-order valence-electron chi connectivity index (χ2n) is 6.08. The van der Waals surface area contributed by atoms with Crippen LogP contribution in [0.5, 0.6) is 28.7 Å². The molecular formula is C22H29O8P. The summed E-state index contributed by atoms with van der Waals surface area (Å²) in [6, 6.07) is 8.91. The van der Waals surface area contributed by atoms with E-state index >= 15 is 0 Å². The molecule has 0 aliphatic heterocycles. The van der Waals surface area contributed by atoms with Crippen LogP contribution in [-0.2, 0) is 13.6 Å². The second-order valence-corrected chi connectivity index (χ2v) is 7.67. The summed E-state index contributed by atoms with van der Waals surface area (Å²) in [7, 11) is 2.42. The van der Waals surface area contributed by atoms with Gasteiger partial charge in [-0.15, -0.1) is 0 Å². The van der Waals surface area contributed by atoms with Gasteiger partial charge in [0.25, 0.3) is 0 Å². The quantitative estimate of drug-likeness (QED) is 0.311. The van der Waals surface area contributed by atoms with E-state index in [9.17, 15) is 4.57 Å². The van der Waals surface area contributed by atoms with E-state index in [1.807, 2.05) is 30.4 Å². The van der Waals surface area contributed by atoms with Gasteiger partial charge >= 0.3 is 7.82 Å². The maximum absolute atomic E-state index is 12.8. The highest BCUT2D eigenvalue weighted by molar-refractivity contribution is 7.48. The molecule has 0 saturated carbocycles. The normalized spacial score (nSPS) is 11.4. The molecule has 0 aromatic heterocycles. The topological polar surface area (TPSA) is 81.7 Å². The predicted octanol–water partition coefficient (Wildman–Crippen LogP) is 5.45. The van der Waals surface area contributed by atoms with Gasteiger partial charge in [0.15, 0.2) is 23.0 Å². The van der Waals surface area contributed by atoms with Crippen LogP contribution in [-0.4, -0.2) is 41.7 Å². The molecule has 0 aliphatic carbocycles. The average Bonchev–Trinajstić information content (AvgIpc) is 2.77. The molecular weight excluding hydrogens is 423 g/mol.